The SMILES string of the molecule is OCCCSc1cccc(CO)c1. The third-order valence-electron chi connectivity index (χ3n) is 1.65. The molecule has 1 aromatic rings. The lowest BCUT2D eigenvalue weighted by Gasteiger charge is -2.01. The first kappa shape index (κ1) is 10.6. The molecule has 0 saturated carbocycles. The molecule has 0 radical (unpaired) electrons. The van der Waals surface area contributed by atoms with Gasteiger partial charge in [0.1, 0.15) is 0 Å². The zero-order valence-corrected chi connectivity index (χ0v) is 8.26. The van der Waals surface area contributed by atoms with Crippen molar-refractivity contribution in [3.8, 4) is 0 Å². The average Bonchev–Trinajstić information content (AvgIpc) is 2.19. The lowest BCUT2D eigenvalue weighted by molar-refractivity contribution is 0.281. The minimum Gasteiger partial charge on any atom is -0.396 e. The van der Waals surface area contributed by atoms with Crippen LogP contribution in [0.15, 0.2) is 29.2 Å². The van der Waals surface area contributed by atoms with Gasteiger partial charge in [0.25, 0.3) is 0 Å². The van der Waals surface area contributed by atoms with Crippen molar-refractivity contribution in [2.75, 3.05) is 12.4 Å². The van der Waals surface area contributed by atoms with Gasteiger partial charge in [0.15, 0.2) is 0 Å². The normalized spacial score (nSPS) is 10.3. The first-order valence-electron chi connectivity index (χ1n) is 4.30. The Labute approximate surface area is 82.6 Å². The van der Waals surface area contributed by atoms with Gasteiger partial charge in [-0.3, -0.25) is 0 Å². The molecule has 0 saturated heterocycles. The van der Waals surface area contributed by atoms with Crippen LogP contribution in [0.4, 0.5) is 0 Å². The average molecular weight is 198 g/mol. The molecule has 1 aromatic carbocycles. The first-order chi connectivity index (χ1) is 6.36. The van der Waals surface area contributed by atoms with Crippen LogP contribution in [-0.2, 0) is 6.61 Å². The van der Waals surface area contributed by atoms with Crippen LogP contribution in [0.2, 0.25) is 0 Å². The smallest absolute Gasteiger partial charge is 0.0682 e. The third-order valence-corrected chi connectivity index (χ3v) is 2.73. The van der Waals surface area contributed by atoms with Crippen LogP contribution in [0.3, 0.4) is 0 Å². The Morgan fingerprint density at radius 1 is 1.23 bits per heavy atom. The maximum absolute atomic E-state index is 8.88. The topological polar surface area (TPSA) is 40.5 Å². The number of aliphatic hydroxyl groups excluding tert-OH is 2. The highest BCUT2D eigenvalue weighted by Crippen LogP contribution is 2.19. The van der Waals surface area contributed by atoms with E-state index in [0.29, 0.717) is 0 Å². The molecule has 0 aliphatic carbocycles. The van der Waals surface area contributed by atoms with E-state index in [2.05, 4.69) is 0 Å². The van der Waals surface area contributed by atoms with E-state index in [4.69, 9.17) is 10.2 Å². The molecule has 2 nitrogen and oxygen atoms in total. The van der Waals surface area contributed by atoms with Crippen LogP contribution in [0.25, 0.3) is 0 Å². The number of hydrogen-bond donors (Lipinski definition) is 2. The summed E-state index contributed by atoms with van der Waals surface area (Å²) in [6.07, 6.45) is 0.814. The Balaban J connectivity index is 2.46. The minimum atomic E-state index is 0.0917. The van der Waals surface area contributed by atoms with E-state index in [1.54, 1.807) is 11.8 Å². The maximum Gasteiger partial charge on any atom is 0.0682 e. The molecule has 2 N–H and O–H groups in total. The Bertz CT molecular complexity index is 250. The van der Waals surface area contributed by atoms with E-state index in [-0.39, 0.29) is 13.2 Å². The number of aliphatic hydroxyl groups is 2. The summed E-state index contributed by atoms with van der Waals surface area (Å²) in [4.78, 5) is 1.15. The van der Waals surface area contributed by atoms with Gasteiger partial charge in [-0.2, -0.15) is 0 Å². The lowest BCUT2D eigenvalue weighted by atomic mass is 10.2. The fourth-order valence-electron chi connectivity index (χ4n) is 0.988. The Morgan fingerprint density at radius 2 is 2.08 bits per heavy atom. The molecule has 0 unspecified atom stereocenters. The summed E-state index contributed by atoms with van der Waals surface area (Å²) in [6.45, 7) is 0.334. The fraction of sp³-hybridized carbons (Fsp3) is 0.400. The summed E-state index contributed by atoms with van der Waals surface area (Å²) in [5.41, 5.74) is 0.939. The molecule has 0 amide bonds. The molecule has 0 heterocycles. The molecular formula is C10H14O2S. The van der Waals surface area contributed by atoms with Crippen molar-refractivity contribution in [2.45, 2.75) is 17.9 Å². The Kier molecular flexibility index (Phi) is 4.90. The molecule has 0 atom stereocenters. The monoisotopic (exact) mass is 198 g/mol. The predicted octanol–water partition coefficient (Wildman–Crippen LogP) is 1.65. The summed E-state index contributed by atoms with van der Waals surface area (Å²) in [7, 11) is 0. The molecule has 0 aliphatic heterocycles. The van der Waals surface area contributed by atoms with Gasteiger partial charge in [0.05, 0.1) is 6.61 Å². The molecule has 0 fully saturated rings. The van der Waals surface area contributed by atoms with Crippen molar-refractivity contribution in [2.24, 2.45) is 0 Å². The van der Waals surface area contributed by atoms with E-state index >= 15 is 0 Å². The van der Waals surface area contributed by atoms with Gasteiger partial charge in [-0.1, -0.05) is 12.1 Å². The van der Waals surface area contributed by atoms with Crippen LogP contribution in [0, 0.1) is 0 Å². The lowest BCUT2D eigenvalue weighted by Crippen LogP contribution is -1.87. The van der Waals surface area contributed by atoms with Gasteiger partial charge in [-0.25, -0.2) is 0 Å². The Hall–Kier alpha value is -0.510. The van der Waals surface area contributed by atoms with Crippen molar-refractivity contribution in [3.63, 3.8) is 0 Å². The van der Waals surface area contributed by atoms with Gasteiger partial charge in [-0.05, 0) is 24.1 Å². The summed E-state index contributed by atoms with van der Waals surface area (Å²) in [5, 5.41) is 17.5. The first-order valence-corrected chi connectivity index (χ1v) is 5.29. The van der Waals surface area contributed by atoms with E-state index in [0.717, 1.165) is 22.6 Å². The predicted molar refractivity (Wildman–Crippen MR) is 54.8 cm³/mol. The highest BCUT2D eigenvalue weighted by Gasteiger charge is 1.95. The Morgan fingerprint density at radius 3 is 2.77 bits per heavy atom. The van der Waals surface area contributed by atoms with E-state index < -0.39 is 0 Å². The fourth-order valence-corrected chi connectivity index (χ4v) is 1.91. The number of thioether (sulfide) groups is 1. The van der Waals surface area contributed by atoms with Gasteiger partial charge in [-0.15, -0.1) is 11.8 Å². The second-order valence-corrected chi connectivity index (χ2v) is 3.90. The van der Waals surface area contributed by atoms with Gasteiger partial charge >= 0.3 is 0 Å². The van der Waals surface area contributed by atoms with Gasteiger partial charge in [0, 0.05) is 17.3 Å². The maximum atomic E-state index is 8.88. The van der Waals surface area contributed by atoms with Gasteiger partial charge < -0.3 is 10.2 Å². The van der Waals surface area contributed by atoms with E-state index in [1.165, 1.54) is 0 Å². The molecule has 0 aromatic heterocycles. The van der Waals surface area contributed by atoms with Crippen molar-refractivity contribution < 1.29 is 10.2 Å². The van der Waals surface area contributed by atoms with Crippen LogP contribution in [0.1, 0.15) is 12.0 Å². The van der Waals surface area contributed by atoms with E-state index in [1.807, 2.05) is 24.3 Å². The number of hydrogen-bond acceptors (Lipinski definition) is 3. The zero-order valence-electron chi connectivity index (χ0n) is 7.44. The molecule has 72 valence electrons. The van der Waals surface area contributed by atoms with Crippen molar-refractivity contribution in [1.29, 1.82) is 0 Å². The molecule has 13 heavy (non-hydrogen) atoms. The van der Waals surface area contributed by atoms with Crippen LogP contribution in [-0.4, -0.2) is 22.6 Å². The number of rotatable bonds is 5. The third kappa shape index (κ3) is 3.81. The highest BCUT2D eigenvalue weighted by molar-refractivity contribution is 7.99. The van der Waals surface area contributed by atoms with E-state index in [9.17, 15) is 0 Å². The second kappa shape index (κ2) is 6.02. The van der Waals surface area contributed by atoms with Crippen molar-refractivity contribution in [1.82, 2.24) is 0 Å². The molecule has 0 spiro atoms. The number of benzene rings is 1. The highest BCUT2D eigenvalue weighted by atomic mass is 32.2. The van der Waals surface area contributed by atoms with Crippen LogP contribution in [0.5, 0.6) is 0 Å². The largest absolute Gasteiger partial charge is 0.396 e. The van der Waals surface area contributed by atoms with Crippen molar-refractivity contribution >= 4 is 11.8 Å². The molecule has 0 aliphatic rings. The zero-order chi connectivity index (χ0) is 9.52. The van der Waals surface area contributed by atoms with Gasteiger partial charge in [0.2, 0.25) is 0 Å². The molecule has 3 heteroatoms. The second-order valence-electron chi connectivity index (χ2n) is 2.73. The summed E-state index contributed by atoms with van der Waals surface area (Å²) in [5.74, 6) is 0.922. The molecule has 1 rings (SSSR count). The van der Waals surface area contributed by atoms with Crippen molar-refractivity contribution in [3.05, 3.63) is 29.8 Å². The summed E-state index contributed by atoms with van der Waals surface area (Å²) >= 11 is 1.70. The summed E-state index contributed by atoms with van der Waals surface area (Å²) < 4.78 is 0. The van der Waals surface area contributed by atoms with Crippen LogP contribution >= 0.6 is 11.8 Å². The standard InChI is InChI=1S/C10H14O2S/c11-5-2-6-13-10-4-1-3-9(7-10)8-12/h1,3-4,7,11-12H,2,5-6,8H2. The quantitative estimate of drug-likeness (QED) is 0.558. The minimum absolute atomic E-state index is 0.0917. The molecular weight excluding hydrogens is 184 g/mol. The summed E-state index contributed by atoms with van der Waals surface area (Å²) in [6, 6.07) is 7.83. The molecule has 0 bridgehead atoms. The van der Waals surface area contributed by atoms with Crippen LogP contribution < -0.4 is 0 Å².